The van der Waals surface area contributed by atoms with Gasteiger partial charge in [-0.05, 0) is 143 Å². The fourth-order valence-corrected chi connectivity index (χ4v) is 10.6. The average molecular weight is 783 g/mol. The number of hydrogen-bond acceptors (Lipinski definition) is 0. The van der Waals surface area contributed by atoms with Crippen LogP contribution < -0.4 is 0 Å². The van der Waals surface area contributed by atoms with Crippen LogP contribution >= 0.6 is 0 Å². The summed E-state index contributed by atoms with van der Waals surface area (Å²) in [6.07, 6.45) is 0. The van der Waals surface area contributed by atoms with E-state index >= 15 is 0 Å². The van der Waals surface area contributed by atoms with E-state index in [1.807, 2.05) is 0 Å². The lowest BCUT2D eigenvalue weighted by Gasteiger charge is -2.18. The number of rotatable bonds is 4. The van der Waals surface area contributed by atoms with Crippen molar-refractivity contribution < 1.29 is 0 Å². The van der Waals surface area contributed by atoms with E-state index in [-0.39, 0.29) is 0 Å². The van der Waals surface area contributed by atoms with Crippen molar-refractivity contribution in [3.63, 3.8) is 0 Å². The maximum absolute atomic E-state index is 2.38. The van der Waals surface area contributed by atoms with Crippen molar-refractivity contribution in [2.24, 2.45) is 0 Å². The molecule has 0 atom stereocenters. The molecule has 0 heterocycles. The molecule has 0 aliphatic rings. The van der Waals surface area contributed by atoms with Crippen molar-refractivity contribution in [3.8, 4) is 44.5 Å². The van der Waals surface area contributed by atoms with Crippen molar-refractivity contribution in [2.45, 2.75) is 0 Å². The molecule has 13 aromatic carbocycles. The quantitative estimate of drug-likeness (QED) is 0.123. The van der Waals surface area contributed by atoms with E-state index in [9.17, 15) is 0 Å². The summed E-state index contributed by atoms with van der Waals surface area (Å²) in [6, 6.07) is 85.5. The van der Waals surface area contributed by atoms with Crippen LogP contribution in [0, 0.1) is 0 Å². The SMILES string of the molecule is c1ccc2c(-c3ccc(-c4ccc5c6ccccc6c6ccccc6c5c4)cc3)c3ccccc3c(-c3ccc(-c4ccc5c6ccccc6c6ccccc6c5c4)cc3)c2c1. The second kappa shape index (κ2) is 13.7. The van der Waals surface area contributed by atoms with Crippen LogP contribution in [0.4, 0.5) is 0 Å². The minimum Gasteiger partial charge on any atom is -0.0616 e. The molecule has 0 bridgehead atoms. The van der Waals surface area contributed by atoms with Crippen LogP contribution in [0.25, 0.3) is 131 Å². The lowest BCUT2D eigenvalue weighted by Crippen LogP contribution is -1.91. The third kappa shape index (κ3) is 5.27. The Morgan fingerprint density at radius 1 is 0.129 bits per heavy atom. The smallest absolute Gasteiger partial charge is 0.00264 e. The molecule has 0 heteroatoms. The van der Waals surface area contributed by atoms with Gasteiger partial charge in [-0.15, -0.1) is 0 Å². The van der Waals surface area contributed by atoms with E-state index in [1.165, 1.54) is 131 Å². The highest BCUT2D eigenvalue weighted by Gasteiger charge is 2.18. The van der Waals surface area contributed by atoms with E-state index < -0.39 is 0 Å². The van der Waals surface area contributed by atoms with Crippen LogP contribution in [-0.4, -0.2) is 0 Å². The van der Waals surface area contributed by atoms with Crippen molar-refractivity contribution >= 4 is 86.2 Å². The first-order valence-electron chi connectivity index (χ1n) is 21.6. The maximum Gasteiger partial charge on any atom is -0.00264 e. The molecule has 0 amide bonds. The van der Waals surface area contributed by atoms with Crippen LogP contribution in [-0.2, 0) is 0 Å². The summed E-state index contributed by atoms with van der Waals surface area (Å²) in [5, 5.41) is 20.6. The predicted molar refractivity (Wildman–Crippen MR) is 268 cm³/mol. The second-order valence-electron chi connectivity index (χ2n) is 16.7. The van der Waals surface area contributed by atoms with Gasteiger partial charge >= 0.3 is 0 Å². The Morgan fingerprint density at radius 3 is 0.597 bits per heavy atom. The van der Waals surface area contributed by atoms with Crippen LogP contribution in [0.5, 0.6) is 0 Å². The molecule has 13 aromatic rings. The largest absolute Gasteiger partial charge is 0.0616 e. The molecule has 0 aliphatic heterocycles. The molecule has 0 unspecified atom stereocenters. The van der Waals surface area contributed by atoms with Gasteiger partial charge in [-0.1, -0.05) is 218 Å². The summed E-state index contributed by atoms with van der Waals surface area (Å²) in [4.78, 5) is 0. The summed E-state index contributed by atoms with van der Waals surface area (Å²) in [5.74, 6) is 0. The van der Waals surface area contributed by atoms with Gasteiger partial charge in [0, 0.05) is 0 Å². The standard InChI is InChI=1S/C62H38/c1-3-17-49-45(13-1)47-15-5-7-19-51(47)59-37-43(33-35-53(49)59)39-25-29-41(30-26-39)61-55-21-9-11-23-57(55)62(58-24-12-10-22-56(58)61)42-31-27-40(28-32-42)44-34-36-54-50-18-4-2-14-46(50)48-16-6-8-20-52(48)60(54)38-44/h1-38H. The van der Waals surface area contributed by atoms with Gasteiger partial charge in [0.15, 0.2) is 0 Å². The lowest BCUT2D eigenvalue weighted by atomic mass is 9.85. The molecule has 0 radical (unpaired) electrons. The van der Waals surface area contributed by atoms with E-state index in [0.29, 0.717) is 0 Å². The molecule has 0 saturated heterocycles. The zero-order valence-electron chi connectivity index (χ0n) is 33.9. The molecular formula is C62H38. The zero-order valence-corrected chi connectivity index (χ0v) is 33.9. The molecule has 0 aromatic heterocycles. The molecule has 0 N–H and O–H groups in total. The number of hydrogen-bond donors (Lipinski definition) is 0. The Labute approximate surface area is 359 Å². The topological polar surface area (TPSA) is 0 Å². The van der Waals surface area contributed by atoms with Gasteiger partial charge in [0.25, 0.3) is 0 Å². The van der Waals surface area contributed by atoms with Gasteiger partial charge in [-0.25, -0.2) is 0 Å². The molecule has 62 heavy (non-hydrogen) atoms. The monoisotopic (exact) mass is 782 g/mol. The first-order chi connectivity index (χ1) is 30.8. The van der Waals surface area contributed by atoms with Crippen molar-refractivity contribution in [3.05, 3.63) is 231 Å². The van der Waals surface area contributed by atoms with E-state index in [0.717, 1.165) is 0 Å². The third-order valence-corrected chi connectivity index (χ3v) is 13.4. The predicted octanol–water partition coefficient (Wildman–Crippen LogP) is 17.6. The van der Waals surface area contributed by atoms with Crippen molar-refractivity contribution in [1.29, 1.82) is 0 Å². The molecule has 0 aliphatic carbocycles. The summed E-state index contributed by atoms with van der Waals surface area (Å²) in [6.45, 7) is 0. The Morgan fingerprint density at radius 2 is 0.323 bits per heavy atom. The van der Waals surface area contributed by atoms with E-state index in [4.69, 9.17) is 0 Å². The molecular weight excluding hydrogens is 745 g/mol. The van der Waals surface area contributed by atoms with Gasteiger partial charge in [0.2, 0.25) is 0 Å². The molecule has 0 saturated carbocycles. The van der Waals surface area contributed by atoms with Crippen LogP contribution in [0.15, 0.2) is 231 Å². The van der Waals surface area contributed by atoms with Gasteiger partial charge in [-0.3, -0.25) is 0 Å². The Kier molecular flexibility index (Phi) is 7.71. The maximum atomic E-state index is 2.38. The van der Waals surface area contributed by atoms with Gasteiger partial charge in [0.05, 0.1) is 0 Å². The first-order valence-corrected chi connectivity index (χ1v) is 21.6. The third-order valence-electron chi connectivity index (χ3n) is 13.4. The molecule has 0 nitrogen and oxygen atoms in total. The minimum atomic E-state index is 1.21. The molecule has 286 valence electrons. The second-order valence-corrected chi connectivity index (χ2v) is 16.7. The van der Waals surface area contributed by atoms with Crippen molar-refractivity contribution in [2.75, 3.05) is 0 Å². The lowest BCUT2D eigenvalue weighted by molar-refractivity contribution is 1.62. The summed E-state index contributed by atoms with van der Waals surface area (Å²) >= 11 is 0. The minimum absolute atomic E-state index is 1.21. The molecule has 13 rings (SSSR count). The average Bonchev–Trinajstić information content (AvgIpc) is 3.35. The Hall–Kier alpha value is -8.06. The Balaban J connectivity index is 0.909. The molecule has 0 spiro atoms. The zero-order chi connectivity index (χ0) is 40.7. The van der Waals surface area contributed by atoms with Crippen molar-refractivity contribution in [1.82, 2.24) is 0 Å². The summed E-state index contributed by atoms with van der Waals surface area (Å²) in [7, 11) is 0. The van der Waals surface area contributed by atoms with Gasteiger partial charge in [0.1, 0.15) is 0 Å². The Bertz CT molecular complexity index is 3560. The number of fused-ring (bicyclic) bond motifs is 14. The first kappa shape index (κ1) is 34.8. The highest BCUT2D eigenvalue weighted by molar-refractivity contribution is 6.27. The fourth-order valence-electron chi connectivity index (χ4n) is 10.6. The van der Waals surface area contributed by atoms with E-state index in [1.54, 1.807) is 0 Å². The van der Waals surface area contributed by atoms with Gasteiger partial charge in [-0.2, -0.15) is 0 Å². The molecule has 0 fully saturated rings. The summed E-state index contributed by atoms with van der Waals surface area (Å²) in [5.41, 5.74) is 9.86. The van der Waals surface area contributed by atoms with Crippen LogP contribution in [0.1, 0.15) is 0 Å². The highest BCUT2D eigenvalue weighted by atomic mass is 14.2. The number of benzene rings is 13. The normalized spacial score (nSPS) is 11.9. The van der Waals surface area contributed by atoms with Gasteiger partial charge < -0.3 is 0 Å². The highest BCUT2D eigenvalue weighted by Crippen LogP contribution is 2.45. The van der Waals surface area contributed by atoms with E-state index in [2.05, 4.69) is 231 Å². The summed E-state index contributed by atoms with van der Waals surface area (Å²) < 4.78 is 0. The van der Waals surface area contributed by atoms with Crippen LogP contribution in [0.2, 0.25) is 0 Å². The van der Waals surface area contributed by atoms with Crippen LogP contribution in [0.3, 0.4) is 0 Å². The fraction of sp³-hybridized carbons (Fsp3) is 0.